The van der Waals surface area contributed by atoms with Gasteiger partial charge in [-0.15, -0.1) is 11.3 Å². The highest BCUT2D eigenvalue weighted by Gasteiger charge is 2.25. The number of phenols is 1. The molecule has 1 aliphatic heterocycles. The van der Waals surface area contributed by atoms with Crippen molar-refractivity contribution in [2.45, 2.75) is 58.7 Å². The van der Waals surface area contributed by atoms with E-state index in [1.54, 1.807) is 31.2 Å². The van der Waals surface area contributed by atoms with Crippen LogP contribution in [0.3, 0.4) is 0 Å². The number of likely N-dealkylation sites (tertiary alicyclic amines) is 1. The van der Waals surface area contributed by atoms with Crippen molar-refractivity contribution < 1.29 is 19.7 Å². The van der Waals surface area contributed by atoms with E-state index in [-0.39, 0.29) is 17.8 Å². The lowest BCUT2D eigenvalue weighted by atomic mass is 10.0. The molecule has 0 unspecified atom stereocenters. The van der Waals surface area contributed by atoms with Crippen molar-refractivity contribution in [1.29, 1.82) is 0 Å². The Balaban J connectivity index is 1.69. The second-order valence-electron chi connectivity index (χ2n) is 8.75. The number of aliphatic hydroxyl groups excluding tert-OH is 1. The lowest BCUT2D eigenvalue weighted by molar-refractivity contribution is 0.0531. The zero-order valence-corrected chi connectivity index (χ0v) is 20.7. The third-order valence-corrected chi connectivity index (χ3v) is 7.35. The molecule has 1 aromatic carbocycles. The fourth-order valence-electron chi connectivity index (χ4n) is 4.32. The molecule has 3 heterocycles. The second-order valence-corrected chi connectivity index (χ2v) is 9.75. The zero-order valence-electron chi connectivity index (χ0n) is 19.9. The fraction of sp³-hybridized carbons (Fsp3) is 0.480. The number of ether oxygens (including phenoxy) is 1. The number of carbonyl (C=O) groups is 1. The number of thiophene rings is 1. The van der Waals surface area contributed by atoms with Crippen LogP contribution in [0.25, 0.3) is 10.2 Å². The van der Waals surface area contributed by atoms with Crippen molar-refractivity contribution in [2.75, 3.05) is 25.0 Å². The average Bonchev–Trinajstić information content (AvgIpc) is 3.16. The molecule has 0 saturated carbocycles. The Kier molecular flexibility index (Phi) is 7.65. The molecule has 0 aliphatic carbocycles. The predicted octanol–water partition coefficient (Wildman–Crippen LogP) is 4.40. The highest BCUT2D eigenvalue weighted by Crippen LogP contribution is 2.35. The van der Waals surface area contributed by atoms with Gasteiger partial charge in [0.1, 0.15) is 27.1 Å². The first kappa shape index (κ1) is 24.4. The summed E-state index contributed by atoms with van der Waals surface area (Å²) < 4.78 is 5.25. The van der Waals surface area contributed by atoms with E-state index in [0.29, 0.717) is 35.2 Å². The molecule has 0 spiro atoms. The van der Waals surface area contributed by atoms with Crippen LogP contribution in [0.15, 0.2) is 24.3 Å². The molecule has 1 aliphatic rings. The average molecular weight is 485 g/mol. The summed E-state index contributed by atoms with van der Waals surface area (Å²) in [6, 6.07) is 6.13. The van der Waals surface area contributed by atoms with E-state index < -0.39 is 6.10 Å². The maximum absolute atomic E-state index is 12.5. The number of benzene rings is 1. The van der Waals surface area contributed by atoms with Gasteiger partial charge in [0.05, 0.1) is 30.7 Å². The summed E-state index contributed by atoms with van der Waals surface area (Å²) in [6.45, 7) is 8.55. The van der Waals surface area contributed by atoms with Crippen molar-refractivity contribution in [3.8, 4) is 5.75 Å². The van der Waals surface area contributed by atoms with E-state index in [9.17, 15) is 15.0 Å². The van der Waals surface area contributed by atoms with Crippen LogP contribution in [0.2, 0.25) is 0 Å². The van der Waals surface area contributed by atoms with Crippen LogP contribution >= 0.6 is 11.3 Å². The molecular weight excluding hydrogens is 452 g/mol. The number of fused-ring (bicyclic) bond motifs is 1. The molecule has 4 rings (SSSR count). The lowest BCUT2D eigenvalue weighted by Gasteiger charge is -2.26. The van der Waals surface area contributed by atoms with Crippen LogP contribution in [0.5, 0.6) is 5.75 Å². The summed E-state index contributed by atoms with van der Waals surface area (Å²) >= 11 is 1.32. The molecule has 1 fully saturated rings. The first-order valence-electron chi connectivity index (χ1n) is 11.8. The number of hydrogen-bond donors (Lipinski definition) is 3. The normalized spacial score (nSPS) is 16.4. The maximum atomic E-state index is 12.5. The third-order valence-electron chi connectivity index (χ3n) is 6.18. The first-order chi connectivity index (χ1) is 16.4. The highest BCUT2D eigenvalue weighted by molar-refractivity contribution is 7.20. The van der Waals surface area contributed by atoms with Crippen molar-refractivity contribution in [3.05, 3.63) is 46.1 Å². The molecule has 0 amide bonds. The molecular formula is C25H32N4O4S. The number of rotatable bonds is 8. The van der Waals surface area contributed by atoms with Crippen LogP contribution in [-0.4, -0.2) is 56.8 Å². The topological polar surface area (TPSA) is 108 Å². The quantitative estimate of drug-likeness (QED) is 0.404. The zero-order chi connectivity index (χ0) is 24.2. The van der Waals surface area contributed by atoms with Crippen LogP contribution in [-0.2, 0) is 11.3 Å². The highest BCUT2D eigenvalue weighted by atomic mass is 32.1. The van der Waals surface area contributed by atoms with Crippen molar-refractivity contribution in [3.63, 3.8) is 0 Å². The molecule has 3 N–H and O–H groups in total. The van der Waals surface area contributed by atoms with E-state index in [4.69, 9.17) is 14.7 Å². The molecule has 3 aromatic rings. The Morgan fingerprint density at radius 2 is 1.91 bits per heavy atom. The van der Waals surface area contributed by atoms with Gasteiger partial charge in [0.25, 0.3) is 0 Å². The molecule has 34 heavy (non-hydrogen) atoms. The van der Waals surface area contributed by atoms with E-state index in [0.717, 1.165) is 28.9 Å². The third kappa shape index (κ3) is 5.32. The number of esters is 1. The number of aromatic hydroxyl groups is 1. The summed E-state index contributed by atoms with van der Waals surface area (Å²) in [5.41, 5.74) is 1.46. The molecule has 8 nitrogen and oxygen atoms in total. The van der Waals surface area contributed by atoms with Gasteiger partial charge >= 0.3 is 5.97 Å². The summed E-state index contributed by atoms with van der Waals surface area (Å²) in [6.07, 6.45) is 2.78. The van der Waals surface area contributed by atoms with Gasteiger partial charge in [-0.2, -0.15) is 0 Å². The second kappa shape index (κ2) is 10.7. The van der Waals surface area contributed by atoms with Crippen LogP contribution < -0.4 is 5.32 Å². The fourth-order valence-corrected chi connectivity index (χ4v) is 5.42. The molecule has 0 radical (unpaired) electrons. The van der Waals surface area contributed by atoms with Gasteiger partial charge in [-0.05, 0) is 70.0 Å². The molecule has 9 heteroatoms. The Labute approximate surface area is 203 Å². The number of aliphatic hydroxyl groups is 1. The summed E-state index contributed by atoms with van der Waals surface area (Å²) in [5.74, 6) is 1.09. The molecule has 2 atom stereocenters. The largest absolute Gasteiger partial charge is 0.508 e. The van der Waals surface area contributed by atoms with Gasteiger partial charge in [0.2, 0.25) is 0 Å². The number of aromatic nitrogens is 2. The standard InChI is InChI=1S/C25H32N4O4S/c1-4-33-25(32)22-15(2)20-23(26-16(3)21(31)17-8-10-18(30)11-9-17)27-19(28-24(20)34-22)14-29-12-6-5-7-13-29/h8-11,16,21,30-31H,4-7,12-14H2,1-3H3,(H,26,27,28)/t16-,21-/m0/s1. The van der Waals surface area contributed by atoms with E-state index >= 15 is 0 Å². The van der Waals surface area contributed by atoms with Crippen molar-refractivity contribution >= 4 is 33.3 Å². The number of aryl methyl sites for hydroxylation is 1. The van der Waals surface area contributed by atoms with Crippen molar-refractivity contribution in [2.24, 2.45) is 0 Å². The molecule has 182 valence electrons. The molecule has 1 saturated heterocycles. The van der Waals surface area contributed by atoms with Gasteiger partial charge in [0.15, 0.2) is 0 Å². The Hall–Kier alpha value is -2.75. The molecule has 0 bridgehead atoms. The maximum Gasteiger partial charge on any atom is 0.348 e. The monoisotopic (exact) mass is 484 g/mol. The summed E-state index contributed by atoms with van der Waals surface area (Å²) in [4.78, 5) is 25.8. The number of nitrogens with one attached hydrogen (secondary N) is 1. The van der Waals surface area contributed by atoms with Gasteiger partial charge in [-0.3, -0.25) is 4.90 Å². The minimum absolute atomic E-state index is 0.150. The Bertz CT molecular complexity index is 1140. The number of anilines is 1. The number of hydrogen-bond acceptors (Lipinski definition) is 9. The van der Waals surface area contributed by atoms with E-state index in [1.165, 1.54) is 30.6 Å². The first-order valence-corrected chi connectivity index (χ1v) is 12.6. The number of nitrogens with zero attached hydrogens (tertiary/aromatic N) is 3. The van der Waals surface area contributed by atoms with Crippen LogP contribution in [0, 0.1) is 6.92 Å². The van der Waals surface area contributed by atoms with E-state index in [1.807, 2.05) is 13.8 Å². The smallest absolute Gasteiger partial charge is 0.348 e. The summed E-state index contributed by atoms with van der Waals surface area (Å²) in [7, 11) is 0. The molecule has 2 aromatic heterocycles. The van der Waals surface area contributed by atoms with Gasteiger partial charge in [-0.25, -0.2) is 14.8 Å². The van der Waals surface area contributed by atoms with Crippen LogP contribution in [0.4, 0.5) is 5.82 Å². The lowest BCUT2D eigenvalue weighted by Crippen LogP contribution is -2.30. The minimum Gasteiger partial charge on any atom is -0.508 e. The van der Waals surface area contributed by atoms with Crippen LogP contribution in [0.1, 0.15) is 65.8 Å². The Morgan fingerprint density at radius 1 is 1.21 bits per heavy atom. The SMILES string of the molecule is CCOC(=O)c1sc2nc(CN3CCCCC3)nc(N[C@@H](C)[C@H](O)c3ccc(O)cc3)c2c1C. The van der Waals surface area contributed by atoms with Gasteiger partial charge in [-0.1, -0.05) is 18.6 Å². The minimum atomic E-state index is -0.820. The summed E-state index contributed by atoms with van der Waals surface area (Å²) in [5, 5.41) is 24.6. The van der Waals surface area contributed by atoms with Gasteiger partial charge in [0, 0.05) is 0 Å². The Morgan fingerprint density at radius 3 is 2.59 bits per heavy atom. The number of carbonyl (C=O) groups excluding carboxylic acids is 1. The van der Waals surface area contributed by atoms with Gasteiger partial charge < -0.3 is 20.3 Å². The number of phenolic OH excluding ortho intramolecular Hbond substituents is 1. The predicted molar refractivity (Wildman–Crippen MR) is 133 cm³/mol. The van der Waals surface area contributed by atoms with Crippen molar-refractivity contribution in [1.82, 2.24) is 14.9 Å². The van der Waals surface area contributed by atoms with E-state index in [2.05, 4.69) is 10.2 Å². The number of piperidine rings is 1.